The van der Waals surface area contributed by atoms with Gasteiger partial charge in [-0.2, -0.15) is 0 Å². The number of carbonyl (C=O) groups excluding carboxylic acids is 1. The van der Waals surface area contributed by atoms with Gasteiger partial charge in [-0.3, -0.25) is 4.79 Å². The Morgan fingerprint density at radius 1 is 1.11 bits per heavy atom. The minimum Gasteiger partial charge on any atom is -0.366 e. The average Bonchev–Trinajstić information content (AvgIpc) is 2.41. The molecule has 0 aliphatic rings. The standard InChI is InChI=1S/C15H15BrN2O/c16-14-7-2-1-5-13(14)10-18-9-11-4-3-6-12(8-11)15(17)19/h1-8,18H,9-10H2,(H2,17,19). The first-order valence-corrected chi connectivity index (χ1v) is 6.79. The second kappa shape index (κ2) is 6.50. The van der Waals surface area contributed by atoms with Gasteiger partial charge in [-0.1, -0.05) is 46.3 Å². The molecule has 0 aliphatic heterocycles. The predicted octanol–water partition coefficient (Wildman–Crippen LogP) is 2.84. The molecular weight excluding hydrogens is 304 g/mol. The fraction of sp³-hybridized carbons (Fsp3) is 0.133. The first kappa shape index (κ1) is 13.8. The second-order valence-corrected chi connectivity index (χ2v) is 5.11. The van der Waals surface area contributed by atoms with Crippen molar-refractivity contribution in [2.45, 2.75) is 13.1 Å². The molecule has 2 rings (SSSR count). The number of hydrogen-bond acceptors (Lipinski definition) is 2. The van der Waals surface area contributed by atoms with Gasteiger partial charge in [0, 0.05) is 23.1 Å². The monoisotopic (exact) mass is 318 g/mol. The molecule has 3 N–H and O–H groups in total. The van der Waals surface area contributed by atoms with E-state index in [2.05, 4.69) is 27.3 Å². The Balaban J connectivity index is 1.94. The van der Waals surface area contributed by atoms with E-state index in [9.17, 15) is 4.79 Å². The van der Waals surface area contributed by atoms with Gasteiger partial charge in [0.1, 0.15) is 0 Å². The molecule has 0 unspecified atom stereocenters. The van der Waals surface area contributed by atoms with Crippen molar-refractivity contribution in [3.05, 3.63) is 69.7 Å². The molecule has 0 radical (unpaired) electrons. The molecule has 0 fully saturated rings. The first-order valence-electron chi connectivity index (χ1n) is 5.99. The molecule has 2 aromatic rings. The summed E-state index contributed by atoms with van der Waals surface area (Å²) in [6.07, 6.45) is 0. The highest BCUT2D eigenvalue weighted by Crippen LogP contribution is 2.15. The molecule has 0 heterocycles. The fourth-order valence-electron chi connectivity index (χ4n) is 1.82. The van der Waals surface area contributed by atoms with Crippen LogP contribution in [0.2, 0.25) is 0 Å². The SMILES string of the molecule is NC(=O)c1cccc(CNCc2ccccc2Br)c1. The van der Waals surface area contributed by atoms with E-state index in [1.807, 2.05) is 36.4 Å². The highest BCUT2D eigenvalue weighted by Gasteiger charge is 2.02. The van der Waals surface area contributed by atoms with Crippen molar-refractivity contribution >= 4 is 21.8 Å². The van der Waals surface area contributed by atoms with E-state index in [1.54, 1.807) is 6.07 Å². The van der Waals surface area contributed by atoms with Crippen molar-refractivity contribution in [3.8, 4) is 0 Å². The van der Waals surface area contributed by atoms with Gasteiger partial charge < -0.3 is 11.1 Å². The number of hydrogen-bond donors (Lipinski definition) is 2. The second-order valence-electron chi connectivity index (χ2n) is 4.26. The molecule has 0 saturated heterocycles. The van der Waals surface area contributed by atoms with Gasteiger partial charge in [0.15, 0.2) is 0 Å². The van der Waals surface area contributed by atoms with Crippen LogP contribution >= 0.6 is 15.9 Å². The zero-order chi connectivity index (χ0) is 13.7. The van der Waals surface area contributed by atoms with Crippen LogP contribution in [0.3, 0.4) is 0 Å². The van der Waals surface area contributed by atoms with Gasteiger partial charge in [0.25, 0.3) is 0 Å². The van der Waals surface area contributed by atoms with Crippen LogP contribution in [0.15, 0.2) is 53.0 Å². The Bertz CT molecular complexity index is 584. The van der Waals surface area contributed by atoms with E-state index in [0.717, 1.165) is 16.6 Å². The molecule has 3 nitrogen and oxygen atoms in total. The van der Waals surface area contributed by atoms with Gasteiger partial charge in [0.2, 0.25) is 5.91 Å². The molecular formula is C15H15BrN2O. The molecule has 1 amide bonds. The van der Waals surface area contributed by atoms with Gasteiger partial charge in [-0.25, -0.2) is 0 Å². The maximum atomic E-state index is 11.1. The van der Waals surface area contributed by atoms with Crippen LogP contribution in [0.4, 0.5) is 0 Å². The lowest BCUT2D eigenvalue weighted by Crippen LogP contribution is -2.15. The number of carbonyl (C=O) groups is 1. The lowest BCUT2D eigenvalue weighted by Gasteiger charge is -2.07. The Hall–Kier alpha value is -1.65. The van der Waals surface area contributed by atoms with Crippen LogP contribution in [0.25, 0.3) is 0 Å². The van der Waals surface area contributed by atoms with Gasteiger partial charge >= 0.3 is 0 Å². The van der Waals surface area contributed by atoms with Crippen molar-refractivity contribution in [2.24, 2.45) is 5.73 Å². The van der Waals surface area contributed by atoms with Gasteiger partial charge in [-0.15, -0.1) is 0 Å². The number of nitrogens with two attached hydrogens (primary N) is 1. The molecule has 0 atom stereocenters. The Labute approximate surface area is 121 Å². The zero-order valence-corrected chi connectivity index (χ0v) is 12.0. The van der Waals surface area contributed by atoms with E-state index in [-0.39, 0.29) is 0 Å². The largest absolute Gasteiger partial charge is 0.366 e. The summed E-state index contributed by atoms with van der Waals surface area (Å²) in [7, 11) is 0. The summed E-state index contributed by atoms with van der Waals surface area (Å²) in [5, 5.41) is 3.34. The first-order chi connectivity index (χ1) is 9.16. The third kappa shape index (κ3) is 3.91. The summed E-state index contributed by atoms with van der Waals surface area (Å²) in [5.41, 5.74) is 8.05. The van der Waals surface area contributed by atoms with Crippen molar-refractivity contribution in [1.29, 1.82) is 0 Å². The van der Waals surface area contributed by atoms with Crippen LogP contribution in [0.1, 0.15) is 21.5 Å². The molecule has 0 spiro atoms. The predicted molar refractivity (Wildman–Crippen MR) is 79.6 cm³/mol. The summed E-state index contributed by atoms with van der Waals surface area (Å²) < 4.78 is 1.09. The molecule has 19 heavy (non-hydrogen) atoms. The molecule has 2 aromatic carbocycles. The summed E-state index contributed by atoms with van der Waals surface area (Å²) in [4.78, 5) is 11.1. The average molecular weight is 319 g/mol. The van der Waals surface area contributed by atoms with Crippen molar-refractivity contribution in [1.82, 2.24) is 5.32 Å². The van der Waals surface area contributed by atoms with Crippen LogP contribution in [-0.4, -0.2) is 5.91 Å². The molecule has 0 aliphatic carbocycles. The number of nitrogens with one attached hydrogen (secondary N) is 1. The number of rotatable bonds is 5. The number of benzene rings is 2. The highest BCUT2D eigenvalue weighted by atomic mass is 79.9. The highest BCUT2D eigenvalue weighted by molar-refractivity contribution is 9.10. The van der Waals surface area contributed by atoms with Gasteiger partial charge in [-0.05, 0) is 29.3 Å². The third-order valence-corrected chi connectivity index (χ3v) is 3.59. The van der Waals surface area contributed by atoms with Crippen LogP contribution in [-0.2, 0) is 13.1 Å². The minimum atomic E-state index is -0.396. The molecule has 0 bridgehead atoms. The third-order valence-electron chi connectivity index (χ3n) is 2.81. The number of primary amides is 1. The Kier molecular flexibility index (Phi) is 4.71. The number of amides is 1. The lowest BCUT2D eigenvalue weighted by atomic mass is 10.1. The van der Waals surface area contributed by atoms with Crippen LogP contribution in [0, 0.1) is 0 Å². The zero-order valence-electron chi connectivity index (χ0n) is 10.4. The van der Waals surface area contributed by atoms with E-state index in [0.29, 0.717) is 12.1 Å². The minimum absolute atomic E-state index is 0.396. The number of halogens is 1. The van der Waals surface area contributed by atoms with E-state index >= 15 is 0 Å². The smallest absolute Gasteiger partial charge is 0.248 e. The molecule has 98 valence electrons. The maximum absolute atomic E-state index is 11.1. The molecule has 4 heteroatoms. The molecule has 0 saturated carbocycles. The maximum Gasteiger partial charge on any atom is 0.248 e. The van der Waals surface area contributed by atoms with E-state index in [4.69, 9.17) is 5.73 Å². The van der Waals surface area contributed by atoms with E-state index in [1.165, 1.54) is 5.56 Å². The Morgan fingerprint density at radius 2 is 1.89 bits per heavy atom. The van der Waals surface area contributed by atoms with E-state index < -0.39 is 5.91 Å². The summed E-state index contributed by atoms with van der Waals surface area (Å²) in [6.45, 7) is 1.46. The van der Waals surface area contributed by atoms with Crippen molar-refractivity contribution in [3.63, 3.8) is 0 Å². The quantitative estimate of drug-likeness (QED) is 0.890. The molecule has 0 aromatic heterocycles. The summed E-state index contributed by atoms with van der Waals surface area (Å²) in [5.74, 6) is -0.396. The topological polar surface area (TPSA) is 55.1 Å². The normalized spacial score (nSPS) is 10.4. The summed E-state index contributed by atoms with van der Waals surface area (Å²) in [6, 6.07) is 15.4. The van der Waals surface area contributed by atoms with Crippen LogP contribution in [0.5, 0.6) is 0 Å². The van der Waals surface area contributed by atoms with Gasteiger partial charge in [0.05, 0.1) is 0 Å². The van der Waals surface area contributed by atoms with Crippen molar-refractivity contribution in [2.75, 3.05) is 0 Å². The summed E-state index contributed by atoms with van der Waals surface area (Å²) >= 11 is 3.51. The Morgan fingerprint density at radius 3 is 2.63 bits per heavy atom. The van der Waals surface area contributed by atoms with Crippen LogP contribution < -0.4 is 11.1 Å². The fourth-order valence-corrected chi connectivity index (χ4v) is 2.24. The lowest BCUT2D eigenvalue weighted by molar-refractivity contribution is 0.1000. The van der Waals surface area contributed by atoms with Crippen molar-refractivity contribution < 1.29 is 4.79 Å².